The van der Waals surface area contributed by atoms with Crippen LogP contribution in [0, 0.1) is 5.41 Å². The summed E-state index contributed by atoms with van der Waals surface area (Å²) in [5.74, 6) is -2.66. The summed E-state index contributed by atoms with van der Waals surface area (Å²) >= 11 is 0. The van der Waals surface area contributed by atoms with Gasteiger partial charge in [-0.3, -0.25) is 9.59 Å². The zero-order valence-electron chi connectivity index (χ0n) is 8.06. The Labute approximate surface area is 82.6 Å². The lowest BCUT2D eigenvalue weighted by Crippen LogP contribution is -2.38. The second-order valence-corrected chi connectivity index (χ2v) is 2.96. The molecule has 14 heavy (non-hydrogen) atoms. The molecule has 0 heterocycles. The van der Waals surface area contributed by atoms with Crippen molar-refractivity contribution in [2.75, 3.05) is 0 Å². The van der Waals surface area contributed by atoms with Crippen LogP contribution in [-0.4, -0.2) is 22.2 Å². The molecule has 0 aromatic rings. The maximum absolute atomic E-state index is 10.9. The van der Waals surface area contributed by atoms with Crippen LogP contribution in [-0.2, 0) is 9.59 Å². The van der Waals surface area contributed by atoms with Gasteiger partial charge in [-0.1, -0.05) is 18.2 Å². The fraction of sp³-hybridized carbons (Fsp3) is 0.400. The van der Waals surface area contributed by atoms with E-state index in [2.05, 4.69) is 6.58 Å². The molecule has 0 unspecified atom stereocenters. The smallest absolute Gasteiger partial charge is 0.321 e. The Morgan fingerprint density at radius 3 is 2.07 bits per heavy atom. The van der Waals surface area contributed by atoms with Crippen LogP contribution in [0.15, 0.2) is 24.8 Å². The van der Waals surface area contributed by atoms with Crippen molar-refractivity contribution in [3.05, 3.63) is 24.8 Å². The Morgan fingerprint density at radius 2 is 1.79 bits per heavy atom. The van der Waals surface area contributed by atoms with Crippen molar-refractivity contribution in [1.29, 1.82) is 0 Å². The summed E-state index contributed by atoms with van der Waals surface area (Å²) in [6.45, 7) is 5.08. The van der Waals surface area contributed by atoms with E-state index in [0.29, 0.717) is 0 Å². The van der Waals surface area contributed by atoms with E-state index in [0.717, 1.165) is 0 Å². The predicted octanol–water partition coefficient (Wildman–Crippen LogP) is 1.68. The van der Waals surface area contributed by atoms with Crippen molar-refractivity contribution in [3.63, 3.8) is 0 Å². The van der Waals surface area contributed by atoms with Crippen molar-refractivity contribution in [1.82, 2.24) is 0 Å². The van der Waals surface area contributed by atoms with Crippen LogP contribution in [0.4, 0.5) is 0 Å². The van der Waals surface area contributed by atoms with Gasteiger partial charge in [0.15, 0.2) is 5.41 Å². The Balaban J connectivity index is 5.03. The minimum atomic E-state index is -1.77. The van der Waals surface area contributed by atoms with Crippen LogP contribution in [0.2, 0.25) is 0 Å². The number of hydrogen-bond donors (Lipinski definition) is 2. The predicted molar refractivity (Wildman–Crippen MR) is 51.9 cm³/mol. The number of aliphatic carboxylic acids is 2. The molecule has 4 heteroatoms. The normalized spacial score (nSPS) is 11.5. The van der Waals surface area contributed by atoms with Crippen molar-refractivity contribution >= 4 is 11.9 Å². The summed E-state index contributed by atoms with van der Waals surface area (Å²) in [5.41, 5.74) is -1.77. The number of allylic oxidation sites excluding steroid dienone is 3. The fourth-order valence-corrected chi connectivity index (χ4v) is 1.09. The second kappa shape index (κ2) is 5.21. The third-order valence-electron chi connectivity index (χ3n) is 2.01. The molecule has 0 atom stereocenters. The fourth-order valence-electron chi connectivity index (χ4n) is 1.09. The molecule has 0 fully saturated rings. The zero-order chi connectivity index (χ0) is 11.2. The average molecular weight is 198 g/mol. The third-order valence-corrected chi connectivity index (χ3v) is 2.01. The van der Waals surface area contributed by atoms with Gasteiger partial charge in [0.05, 0.1) is 0 Å². The summed E-state index contributed by atoms with van der Waals surface area (Å²) < 4.78 is 0. The van der Waals surface area contributed by atoms with Gasteiger partial charge in [0.25, 0.3) is 0 Å². The van der Waals surface area contributed by atoms with E-state index in [1.165, 1.54) is 12.2 Å². The molecule has 0 saturated heterocycles. The Hall–Kier alpha value is -1.58. The van der Waals surface area contributed by atoms with Crippen molar-refractivity contribution in [2.24, 2.45) is 5.41 Å². The van der Waals surface area contributed by atoms with Gasteiger partial charge in [-0.05, 0) is 19.8 Å². The molecular weight excluding hydrogens is 184 g/mol. The Kier molecular flexibility index (Phi) is 4.63. The highest BCUT2D eigenvalue weighted by Gasteiger charge is 2.44. The highest BCUT2D eigenvalue weighted by atomic mass is 16.4. The first-order chi connectivity index (χ1) is 6.51. The Bertz CT molecular complexity index is 251. The lowest BCUT2D eigenvalue weighted by molar-refractivity contribution is -0.164. The number of carboxylic acid groups (broad SMARTS) is 2. The number of hydrogen-bond acceptors (Lipinski definition) is 2. The summed E-state index contributed by atoms with van der Waals surface area (Å²) in [5, 5.41) is 17.8. The van der Waals surface area contributed by atoms with Crippen molar-refractivity contribution in [2.45, 2.75) is 19.8 Å². The largest absolute Gasteiger partial charge is 0.480 e. The highest BCUT2D eigenvalue weighted by molar-refractivity contribution is 5.98. The average Bonchev–Trinajstić information content (AvgIpc) is 2.11. The molecular formula is C10H14O4. The molecule has 0 aromatic heterocycles. The quantitative estimate of drug-likeness (QED) is 0.503. The monoisotopic (exact) mass is 198 g/mol. The van der Waals surface area contributed by atoms with Gasteiger partial charge >= 0.3 is 11.9 Å². The molecule has 4 nitrogen and oxygen atoms in total. The van der Waals surface area contributed by atoms with E-state index in [1.807, 2.05) is 0 Å². The minimum Gasteiger partial charge on any atom is -0.480 e. The standard InChI is InChI=1S/C10H14O4/c1-3-5-7-10(6-4-2,8(11)12)9(13)14/h3-5H,2,6-7H2,1H3,(H,11,12)(H,13,14)/b5-3+. The molecule has 0 radical (unpaired) electrons. The van der Waals surface area contributed by atoms with Crippen LogP contribution in [0.5, 0.6) is 0 Å². The minimum absolute atomic E-state index is 0.0276. The number of carboxylic acids is 2. The van der Waals surface area contributed by atoms with Gasteiger partial charge in [0.1, 0.15) is 0 Å². The molecule has 2 N–H and O–H groups in total. The van der Waals surface area contributed by atoms with Gasteiger partial charge < -0.3 is 10.2 Å². The van der Waals surface area contributed by atoms with Crippen molar-refractivity contribution < 1.29 is 19.8 Å². The van der Waals surface area contributed by atoms with E-state index in [-0.39, 0.29) is 12.8 Å². The van der Waals surface area contributed by atoms with Gasteiger partial charge in [0.2, 0.25) is 0 Å². The van der Waals surface area contributed by atoms with Crippen molar-refractivity contribution in [3.8, 4) is 0 Å². The first kappa shape index (κ1) is 12.4. The van der Waals surface area contributed by atoms with Crippen LogP contribution in [0.25, 0.3) is 0 Å². The third kappa shape index (κ3) is 2.45. The molecule has 0 aliphatic carbocycles. The first-order valence-corrected chi connectivity index (χ1v) is 4.20. The van der Waals surface area contributed by atoms with E-state index < -0.39 is 17.4 Å². The van der Waals surface area contributed by atoms with Crippen LogP contribution >= 0.6 is 0 Å². The SMILES string of the molecule is C=CCC(C/C=C/C)(C(=O)O)C(=O)O. The molecule has 0 amide bonds. The summed E-state index contributed by atoms with van der Waals surface area (Å²) in [6.07, 6.45) is 4.36. The highest BCUT2D eigenvalue weighted by Crippen LogP contribution is 2.28. The number of carbonyl (C=O) groups is 2. The molecule has 0 saturated carbocycles. The first-order valence-electron chi connectivity index (χ1n) is 4.20. The van der Waals surface area contributed by atoms with Crippen LogP contribution < -0.4 is 0 Å². The maximum Gasteiger partial charge on any atom is 0.321 e. The summed E-state index contributed by atoms with van der Waals surface area (Å²) in [7, 11) is 0. The summed E-state index contributed by atoms with van der Waals surface area (Å²) in [6, 6.07) is 0. The maximum atomic E-state index is 10.9. The topological polar surface area (TPSA) is 74.6 Å². The molecule has 78 valence electrons. The van der Waals surface area contributed by atoms with E-state index >= 15 is 0 Å². The summed E-state index contributed by atoms with van der Waals surface area (Å²) in [4.78, 5) is 21.8. The van der Waals surface area contributed by atoms with E-state index in [4.69, 9.17) is 10.2 Å². The van der Waals surface area contributed by atoms with Crippen LogP contribution in [0.1, 0.15) is 19.8 Å². The lowest BCUT2D eigenvalue weighted by Gasteiger charge is -2.21. The molecule has 0 spiro atoms. The van der Waals surface area contributed by atoms with E-state index in [1.54, 1.807) is 13.0 Å². The van der Waals surface area contributed by atoms with Gasteiger partial charge in [0, 0.05) is 0 Å². The lowest BCUT2D eigenvalue weighted by atomic mass is 9.81. The Morgan fingerprint density at radius 1 is 1.29 bits per heavy atom. The molecule has 0 bridgehead atoms. The van der Waals surface area contributed by atoms with E-state index in [9.17, 15) is 9.59 Å². The molecule has 0 rings (SSSR count). The van der Waals surface area contributed by atoms with Gasteiger partial charge in [-0.15, -0.1) is 6.58 Å². The number of rotatable bonds is 6. The second-order valence-electron chi connectivity index (χ2n) is 2.96. The zero-order valence-corrected chi connectivity index (χ0v) is 8.06. The molecule has 0 aliphatic rings. The van der Waals surface area contributed by atoms with Crippen LogP contribution in [0.3, 0.4) is 0 Å². The van der Waals surface area contributed by atoms with Gasteiger partial charge in [-0.25, -0.2) is 0 Å². The molecule has 0 aliphatic heterocycles. The van der Waals surface area contributed by atoms with Gasteiger partial charge in [-0.2, -0.15) is 0 Å². The molecule has 0 aromatic carbocycles.